The summed E-state index contributed by atoms with van der Waals surface area (Å²) in [5.74, 6) is -0.304. The Morgan fingerprint density at radius 1 is 1.09 bits per heavy atom. The first-order valence-corrected chi connectivity index (χ1v) is 6.92. The van der Waals surface area contributed by atoms with Crippen LogP contribution in [0.25, 0.3) is 0 Å². The fourth-order valence-corrected chi connectivity index (χ4v) is 1.95. The van der Waals surface area contributed by atoms with Crippen LogP contribution in [0.15, 0.2) is 42.7 Å². The first kappa shape index (κ1) is 15.8. The molecule has 5 nitrogen and oxygen atoms in total. The van der Waals surface area contributed by atoms with Gasteiger partial charge in [-0.05, 0) is 35.4 Å². The predicted octanol–water partition coefficient (Wildman–Crippen LogP) is 2.29. The standard InChI is InChI=1S/C16H19FN4O/c1-21(2)15-4-3-13(9-14(15)17)11-20-16(22)19-10-12-5-7-18-8-6-12/h3-9H,10-11H2,1-2H3,(H2,19,20,22). The minimum atomic E-state index is -0.304. The second-order valence-electron chi connectivity index (χ2n) is 5.07. The molecule has 0 aliphatic heterocycles. The summed E-state index contributed by atoms with van der Waals surface area (Å²) in [4.78, 5) is 17.3. The van der Waals surface area contributed by atoms with E-state index in [-0.39, 0.29) is 18.4 Å². The van der Waals surface area contributed by atoms with Crippen molar-refractivity contribution < 1.29 is 9.18 Å². The highest BCUT2D eigenvalue weighted by Gasteiger charge is 2.06. The molecule has 1 aromatic heterocycles. The number of urea groups is 1. The highest BCUT2D eigenvalue weighted by molar-refractivity contribution is 5.73. The van der Waals surface area contributed by atoms with Gasteiger partial charge in [0.2, 0.25) is 0 Å². The van der Waals surface area contributed by atoms with Crippen molar-refractivity contribution in [2.24, 2.45) is 0 Å². The second kappa shape index (κ2) is 7.40. The molecule has 1 aromatic carbocycles. The number of amides is 2. The zero-order valence-electron chi connectivity index (χ0n) is 12.6. The molecule has 0 aliphatic rings. The van der Waals surface area contributed by atoms with Gasteiger partial charge in [-0.2, -0.15) is 0 Å². The van der Waals surface area contributed by atoms with Crippen LogP contribution >= 0.6 is 0 Å². The number of hydrogen-bond acceptors (Lipinski definition) is 3. The number of hydrogen-bond donors (Lipinski definition) is 2. The molecule has 0 fully saturated rings. The van der Waals surface area contributed by atoms with Crippen molar-refractivity contribution >= 4 is 11.7 Å². The van der Waals surface area contributed by atoms with Gasteiger partial charge in [-0.3, -0.25) is 4.98 Å². The number of aromatic nitrogens is 1. The predicted molar refractivity (Wildman–Crippen MR) is 84.0 cm³/mol. The molecule has 2 amide bonds. The van der Waals surface area contributed by atoms with Crippen molar-refractivity contribution in [3.8, 4) is 0 Å². The van der Waals surface area contributed by atoms with Crippen molar-refractivity contribution in [3.63, 3.8) is 0 Å². The van der Waals surface area contributed by atoms with E-state index in [4.69, 9.17) is 0 Å². The SMILES string of the molecule is CN(C)c1ccc(CNC(=O)NCc2ccncc2)cc1F. The summed E-state index contributed by atoms with van der Waals surface area (Å²) in [7, 11) is 3.56. The third kappa shape index (κ3) is 4.44. The summed E-state index contributed by atoms with van der Waals surface area (Å²) in [5, 5.41) is 5.43. The normalized spacial score (nSPS) is 10.1. The molecule has 22 heavy (non-hydrogen) atoms. The number of benzene rings is 1. The molecular formula is C16H19FN4O. The van der Waals surface area contributed by atoms with E-state index < -0.39 is 0 Å². The molecule has 0 bridgehead atoms. The van der Waals surface area contributed by atoms with Crippen LogP contribution in [-0.4, -0.2) is 25.1 Å². The molecule has 0 radical (unpaired) electrons. The Balaban J connectivity index is 1.82. The molecule has 0 aliphatic carbocycles. The zero-order valence-corrected chi connectivity index (χ0v) is 12.6. The minimum absolute atomic E-state index is 0.271. The molecule has 1 heterocycles. The van der Waals surface area contributed by atoms with Gasteiger partial charge in [-0.15, -0.1) is 0 Å². The summed E-state index contributed by atoms with van der Waals surface area (Å²) in [5.41, 5.74) is 2.19. The molecule has 2 rings (SSSR count). The molecular weight excluding hydrogens is 283 g/mol. The van der Waals surface area contributed by atoms with E-state index in [1.807, 2.05) is 12.1 Å². The van der Waals surface area contributed by atoms with E-state index in [9.17, 15) is 9.18 Å². The van der Waals surface area contributed by atoms with Crippen molar-refractivity contribution in [2.45, 2.75) is 13.1 Å². The number of nitrogens with one attached hydrogen (secondary N) is 2. The molecule has 0 spiro atoms. The smallest absolute Gasteiger partial charge is 0.315 e. The van der Waals surface area contributed by atoms with E-state index in [1.54, 1.807) is 43.5 Å². The topological polar surface area (TPSA) is 57.3 Å². The minimum Gasteiger partial charge on any atom is -0.375 e. The van der Waals surface area contributed by atoms with Gasteiger partial charge in [0, 0.05) is 39.6 Å². The third-order valence-electron chi connectivity index (χ3n) is 3.15. The Morgan fingerprint density at radius 3 is 2.32 bits per heavy atom. The van der Waals surface area contributed by atoms with Crippen LogP contribution in [-0.2, 0) is 13.1 Å². The number of pyridine rings is 1. The van der Waals surface area contributed by atoms with Gasteiger partial charge in [0.05, 0.1) is 5.69 Å². The van der Waals surface area contributed by atoms with Crippen LogP contribution in [0.2, 0.25) is 0 Å². The van der Waals surface area contributed by atoms with Gasteiger partial charge in [0.25, 0.3) is 0 Å². The number of carbonyl (C=O) groups is 1. The largest absolute Gasteiger partial charge is 0.375 e. The summed E-state index contributed by atoms with van der Waals surface area (Å²) < 4.78 is 13.8. The average molecular weight is 302 g/mol. The zero-order chi connectivity index (χ0) is 15.9. The van der Waals surface area contributed by atoms with Crippen LogP contribution in [0.5, 0.6) is 0 Å². The third-order valence-corrected chi connectivity index (χ3v) is 3.15. The fourth-order valence-electron chi connectivity index (χ4n) is 1.95. The fraction of sp³-hybridized carbons (Fsp3) is 0.250. The summed E-state index contributed by atoms with van der Waals surface area (Å²) in [6.07, 6.45) is 3.34. The van der Waals surface area contributed by atoms with E-state index in [0.717, 1.165) is 5.56 Å². The highest BCUT2D eigenvalue weighted by atomic mass is 19.1. The van der Waals surface area contributed by atoms with Gasteiger partial charge < -0.3 is 15.5 Å². The Hall–Kier alpha value is -2.63. The lowest BCUT2D eigenvalue weighted by molar-refractivity contribution is 0.240. The van der Waals surface area contributed by atoms with E-state index in [1.165, 1.54) is 6.07 Å². The van der Waals surface area contributed by atoms with Crippen LogP contribution in [0.4, 0.5) is 14.9 Å². The summed E-state index contributed by atoms with van der Waals surface area (Å²) in [6.45, 7) is 0.690. The van der Waals surface area contributed by atoms with Crippen LogP contribution in [0.1, 0.15) is 11.1 Å². The first-order valence-electron chi connectivity index (χ1n) is 6.92. The van der Waals surface area contributed by atoms with Crippen LogP contribution in [0.3, 0.4) is 0 Å². The van der Waals surface area contributed by atoms with Gasteiger partial charge in [0.1, 0.15) is 5.82 Å². The molecule has 0 unspecified atom stereocenters. The molecule has 6 heteroatoms. The molecule has 0 saturated heterocycles. The Labute approximate surface area is 129 Å². The Morgan fingerprint density at radius 2 is 1.73 bits per heavy atom. The van der Waals surface area contributed by atoms with E-state index >= 15 is 0 Å². The quantitative estimate of drug-likeness (QED) is 0.891. The Bertz CT molecular complexity index is 631. The molecule has 116 valence electrons. The molecule has 2 N–H and O–H groups in total. The number of anilines is 1. The van der Waals surface area contributed by atoms with Gasteiger partial charge in [-0.1, -0.05) is 6.07 Å². The highest BCUT2D eigenvalue weighted by Crippen LogP contribution is 2.18. The Kier molecular flexibility index (Phi) is 5.30. The summed E-state index contributed by atoms with van der Waals surface area (Å²) in [6, 6.07) is 8.28. The first-order chi connectivity index (χ1) is 10.6. The number of carbonyl (C=O) groups excluding carboxylic acids is 1. The number of rotatable bonds is 5. The van der Waals surface area contributed by atoms with Crippen LogP contribution < -0.4 is 15.5 Å². The number of halogens is 1. The van der Waals surface area contributed by atoms with Crippen molar-refractivity contribution in [1.82, 2.24) is 15.6 Å². The summed E-state index contributed by atoms with van der Waals surface area (Å²) >= 11 is 0. The average Bonchev–Trinajstić information content (AvgIpc) is 2.51. The van der Waals surface area contributed by atoms with Gasteiger partial charge >= 0.3 is 6.03 Å². The van der Waals surface area contributed by atoms with E-state index in [2.05, 4.69) is 15.6 Å². The maximum absolute atomic E-state index is 13.8. The lowest BCUT2D eigenvalue weighted by Gasteiger charge is -2.14. The van der Waals surface area contributed by atoms with Crippen LogP contribution in [0, 0.1) is 5.82 Å². The lowest BCUT2D eigenvalue weighted by Crippen LogP contribution is -2.34. The van der Waals surface area contributed by atoms with Gasteiger partial charge in [-0.25, -0.2) is 9.18 Å². The number of nitrogens with zero attached hydrogens (tertiary/aromatic N) is 2. The molecule has 0 atom stereocenters. The monoisotopic (exact) mass is 302 g/mol. The van der Waals surface area contributed by atoms with Crippen molar-refractivity contribution in [2.75, 3.05) is 19.0 Å². The second-order valence-corrected chi connectivity index (χ2v) is 5.07. The van der Waals surface area contributed by atoms with E-state index in [0.29, 0.717) is 17.8 Å². The molecule has 0 saturated carbocycles. The maximum Gasteiger partial charge on any atom is 0.315 e. The van der Waals surface area contributed by atoms with Crippen molar-refractivity contribution in [1.29, 1.82) is 0 Å². The molecule has 2 aromatic rings. The maximum atomic E-state index is 13.8. The van der Waals surface area contributed by atoms with Gasteiger partial charge in [0.15, 0.2) is 0 Å². The lowest BCUT2D eigenvalue weighted by atomic mass is 10.2. The van der Waals surface area contributed by atoms with Crippen molar-refractivity contribution in [3.05, 3.63) is 59.7 Å².